The van der Waals surface area contributed by atoms with E-state index in [9.17, 15) is 9.59 Å². The Kier molecular flexibility index (Phi) is 7.23. The van der Waals surface area contributed by atoms with E-state index in [1.807, 2.05) is 38.4 Å². The first-order valence-corrected chi connectivity index (χ1v) is 12.4. The number of benzene rings is 1. The molecule has 0 unspecified atom stereocenters. The van der Waals surface area contributed by atoms with Crippen molar-refractivity contribution in [1.29, 1.82) is 0 Å². The molecule has 0 saturated heterocycles. The van der Waals surface area contributed by atoms with Crippen LogP contribution in [-0.4, -0.2) is 46.4 Å². The van der Waals surface area contributed by atoms with Crippen LogP contribution >= 0.6 is 11.3 Å². The molecule has 1 aromatic carbocycles. The molecule has 3 heterocycles. The van der Waals surface area contributed by atoms with E-state index in [-0.39, 0.29) is 18.4 Å². The second kappa shape index (κ2) is 10.2. The fourth-order valence-electron chi connectivity index (χ4n) is 4.52. The lowest BCUT2D eigenvalue weighted by molar-refractivity contribution is 0.0479. The lowest BCUT2D eigenvalue weighted by atomic mass is 10.1. The average molecular weight is 494 g/mol. The molecule has 0 aliphatic rings. The number of ketones is 1. The topological polar surface area (TPSA) is 75.3 Å². The number of hydrogen-bond donors (Lipinski definition) is 0. The Labute approximate surface area is 209 Å². The number of aromatic nitrogens is 3. The normalized spacial score (nSPS) is 12.3. The van der Waals surface area contributed by atoms with Crippen LogP contribution in [0, 0.1) is 27.7 Å². The zero-order valence-corrected chi connectivity index (χ0v) is 21.9. The maximum atomic E-state index is 12.9. The van der Waals surface area contributed by atoms with Crippen LogP contribution in [0.5, 0.6) is 0 Å². The van der Waals surface area contributed by atoms with Crippen molar-refractivity contribution in [2.24, 2.45) is 0 Å². The van der Waals surface area contributed by atoms with Gasteiger partial charge in [0.15, 0.2) is 6.61 Å². The van der Waals surface area contributed by atoms with Crippen LogP contribution in [0.3, 0.4) is 0 Å². The summed E-state index contributed by atoms with van der Waals surface area (Å²) in [4.78, 5) is 27.1. The first-order valence-electron chi connectivity index (χ1n) is 11.6. The molecule has 0 bridgehead atoms. The fourth-order valence-corrected chi connectivity index (χ4v) is 5.57. The number of methoxy groups -OCH3 is 1. The maximum Gasteiger partial charge on any atom is 0.348 e. The highest BCUT2D eigenvalue weighted by molar-refractivity contribution is 7.20. The van der Waals surface area contributed by atoms with Crippen molar-refractivity contribution >= 4 is 33.3 Å². The van der Waals surface area contributed by atoms with Crippen LogP contribution in [0.25, 0.3) is 10.2 Å². The van der Waals surface area contributed by atoms with Gasteiger partial charge in [-0.05, 0) is 52.3 Å². The minimum Gasteiger partial charge on any atom is -0.453 e. The zero-order valence-electron chi connectivity index (χ0n) is 21.0. The van der Waals surface area contributed by atoms with E-state index >= 15 is 0 Å². The van der Waals surface area contributed by atoms with Gasteiger partial charge in [0.05, 0.1) is 24.9 Å². The van der Waals surface area contributed by atoms with Crippen LogP contribution in [0.4, 0.5) is 0 Å². The summed E-state index contributed by atoms with van der Waals surface area (Å²) in [5.41, 5.74) is 5.59. The third-order valence-electron chi connectivity index (χ3n) is 6.23. The minimum atomic E-state index is -0.498. The summed E-state index contributed by atoms with van der Waals surface area (Å²) in [6, 6.07) is 12.1. The number of carbonyl (C=O) groups is 2. The number of aryl methyl sites for hydroxylation is 3. The Bertz CT molecular complexity index is 1380. The Morgan fingerprint density at radius 1 is 1.09 bits per heavy atom. The highest BCUT2D eigenvalue weighted by Gasteiger charge is 2.22. The largest absolute Gasteiger partial charge is 0.453 e. The predicted molar refractivity (Wildman–Crippen MR) is 138 cm³/mol. The minimum absolute atomic E-state index is 0.102. The van der Waals surface area contributed by atoms with Gasteiger partial charge in [-0.25, -0.2) is 4.79 Å². The lowest BCUT2D eigenvalue weighted by Gasteiger charge is -2.17. The van der Waals surface area contributed by atoms with Crippen molar-refractivity contribution in [1.82, 2.24) is 14.3 Å². The summed E-state index contributed by atoms with van der Waals surface area (Å²) in [7, 11) is 1.66. The summed E-state index contributed by atoms with van der Waals surface area (Å²) in [6.07, 6.45) is 0. The van der Waals surface area contributed by atoms with Crippen molar-refractivity contribution < 1.29 is 19.1 Å². The molecule has 0 fully saturated rings. The zero-order chi connectivity index (χ0) is 25.3. The predicted octanol–water partition coefficient (Wildman–Crippen LogP) is 5.43. The Hall–Kier alpha value is -3.23. The van der Waals surface area contributed by atoms with E-state index in [1.165, 1.54) is 16.9 Å². The quantitative estimate of drug-likeness (QED) is 0.230. The molecule has 0 aliphatic carbocycles. The SMILES string of the molecule is COC[C@H](C)n1c(C)cc(C(=O)COC(=O)c2cc3c(C)nn(Cc4ccc(C)cc4)c3s2)c1C. The number of thiophene rings is 1. The molecule has 184 valence electrons. The highest BCUT2D eigenvalue weighted by atomic mass is 32.1. The van der Waals surface area contributed by atoms with E-state index < -0.39 is 5.97 Å². The van der Waals surface area contributed by atoms with Crippen LogP contribution < -0.4 is 0 Å². The van der Waals surface area contributed by atoms with Crippen molar-refractivity contribution in [3.63, 3.8) is 0 Å². The summed E-state index contributed by atoms with van der Waals surface area (Å²) < 4.78 is 14.7. The standard InChI is InChI=1S/C27H31N3O4S/c1-16-7-9-21(10-8-16)13-29-26-22(19(4)28-29)12-25(35-26)27(32)34-15-24(31)23-11-17(2)30(20(23)5)18(3)14-33-6/h7-12,18H,13-15H2,1-6H3/t18-/m0/s1. The third-order valence-corrected chi connectivity index (χ3v) is 7.36. The number of hydrogen-bond acceptors (Lipinski definition) is 6. The number of nitrogens with zero attached hydrogens (tertiary/aromatic N) is 3. The van der Waals surface area contributed by atoms with Gasteiger partial charge in [0, 0.05) is 29.4 Å². The van der Waals surface area contributed by atoms with Crippen molar-refractivity contribution in [3.8, 4) is 0 Å². The van der Waals surface area contributed by atoms with Gasteiger partial charge >= 0.3 is 5.97 Å². The smallest absolute Gasteiger partial charge is 0.348 e. The Morgan fingerprint density at radius 2 is 1.80 bits per heavy atom. The number of carbonyl (C=O) groups excluding carboxylic acids is 2. The molecule has 1 atom stereocenters. The molecular formula is C27H31N3O4S. The number of fused-ring (bicyclic) bond motifs is 1. The number of Topliss-reactive ketones (excluding diaryl/α,β-unsaturated/α-hetero) is 1. The Morgan fingerprint density at radius 3 is 2.49 bits per heavy atom. The van der Waals surface area contributed by atoms with Gasteiger partial charge in [0.25, 0.3) is 0 Å². The first kappa shape index (κ1) is 24.9. The van der Waals surface area contributed by atoms with E-state index in [1.54, 1.807) is 13.2 Å². The highest BCUT2D eigenvalue weighted by Crippen LogP contribution is 2.29. The second-order valence-electron chi connectivity index (χ2n) is 9.02. The van der Waals surface area contributed by atoms with Gasteiger partial charge in [-0.3, -0.25) is 9.48 Å². The van der Waals surface area contributed by atoms with Gasteiger partial charge in [-0.2, -0.15) is 5.10 Å². The molecule has 4 aromatic rings. The van der Waals surface area contributed by atoms with Gasteiger partial charge < -0.3 is 14.0 Å². The molecule has 0 spiro atoms. The number of ether oxygens (including phenoxy) is 2. The van der Waals surface area contributed by atoms with Crippen LogP contribution in [-0.2, 0) is 16.0 Å². The summed E-state index contributed by atoms with van der Waals surface area (Å²) >= 11 is 1.34. The van der Waals surface area contributed by atoms with Crippen LogP contribution in [0.15, 0.2) is 36.4 Å². The average Bonchev–Trinajstić information content (AvgIpc) is 3.47. The molecular weight excluding hydrogens is 462 g/mol. The van der Waals surface area contributed by atoms with Gasteiger partial charge in [0.2, 0.25) is 5.78 Å². The molecule has 0 saturated carbocycles. The van der Waals surface area contributed by atoms with Gasteiger partial charge in [0.1, 0.15) is 9.71 Å². The van der Waals surface area contributed by atoms with Gasteiger partial charge in [-0.15, -0.1) is 11.3 Å². The van der Waals surface area contributed by atoms with E-state index in [0.717, 1.165) is 32.9 Å². The molecule has 3 aromatic heterocycles. The lowest BCUT2D eigenvalue weighted by Crippen LogP contribution is -2.16. The van der Waals surface area contributed by atoms with E-state index in [2.05, 4.69) is 40.9 Å². The molecule has 7 nitrogen and oxygen atoms in total. The van der Waals surface area contributed by atoms with Crippen LogP contribution in [0.2, 0.25) is 0 Å². The summed E-state index contributed by atoms with van der Waals surface area (Å²) in [5, 5.41) is 5.57. The number of rotatable bonds is 9. The van der Waals surface area contributed by atoms with Crippen molar-refractivity contribution in [2.75, 3.05) is 20.3 Å². The monoisotopic (exact) mass is 493 g/mol. The second-order valence-corrected chi connectivity index (χ2v) is 10.0. The Balaban J connectivity index is 1.47. The number of esters is 1. The molecule has 0 aliphatic heterocycles. The van der Waals surface area contributed by atoms with Gasteiger partial charge in [-0.1, -0.05) is 29.8 Å². The van der Waals surface area contributed by atoms with E-state index in [0.29, 0.717) is 23.6 Å². The molecule has 4 rings (SSSR count). The van der Waals surface area contributed by atoms with Crippen molar-refractivity contribution in [3.05, 3.63) is 75.0 Å². The molecule has 35 heavy (non-hydrogen) atoms. The summed E-state index contributed by atoms with van der Waals surface area (Å²) in [6.45, 7) is 10.8. The molecule has 0 radical (unpaired) electrons. The molecule has 0 amide bonds. The fraction of sp³-hybridized carbons (Fsp3) is 0.370. The van der Waals surface area contributed by atoms with Crippen LogP contribution in [0.1, 0.15) is 61.2 Å². The van der Waals surface area contributed by atoms with E-state index in [4.69, 9.17) is 9.47 Å². The first-order chi connectivity index (χ1) is 16.7. The third kappa shape index (κ3) is 5.09. The molecule has 8 heteroatoms. The van der Waals surface area contributed by atoms with Crippen molar-refractivity contribution in [2.45, 2.75) is 47.2 Å². The molecule has 0 N–H and O–H groups in total. The summed E-state index contributed by atoms with van der Waals surface area (Å²) in [5.74, 6) is -0.715. The maximum absolute atomic E-state index is 12.9.